The van der Waals surface area contributed by atoms with E-state index in [1.165, 1.54) is 31.5 Å². The first-order chi connectivity index (χ1) is 17.1. The van der Waals surface area contributed by atoms with Gasteiger partial charge < -0.3 is 15.5 Å². The van der Waals surface area contributed by atoms with Crippen molar-refractivity contribution < 1.29 is 4.74 Å². The van der Waals surface area contributed by atoms with E-state index in [4.69, 9.17) is 10.5 Å². The second kappa shape index (κ2) is 10.3. The molecule has 0 aliphatic carbocycles. The van der Waals surface area contributed by atoms with E-state index in [1.54, 1.807) is 4.57 Å². The van der Waals surface area contributed by atoms with Gasteiger partial charge >= 0.3 is 11.7 Å². The van der Waals surface area contributed by atoms with Crippen molar-refractivity contribution in [3.05, 3.63) is 70.1 Å². The Hall–Kier alpha value is -3.65. The monoisotopic (exact) mass is 472 g/mol. The van der Waals surface area contributed by atoms with Crippen LogP contribution in [0.5, 0.6) is 6.01 Å². The minimum Gasteiger partial charge on any atom is -0.463 e. The van der Waals surface area contributed by atoms with Gasteiger partial charge in [0.15, 0.2) is 11.5 Å². The maximum Gasteiger partial charge on any atom is 0.328 e. The number of unbranched alkanes of at least 4 members (excludes halogenated alkanes) is 1. The standard InChI is InChI=1S/C27H32N6O2/c1-2-3-15-35-26-30-24(28)23-25(31-26)33(27(34)29-23)18-20-7-6-8-22(16-20)21-11-9-19(10-12-21)17-32-13-4-5-14-32/h6-12,16H,2-5,13-15,17-18H2,1H3,(H,29,34)(H2,28,30,31). The average Bonchev–Trinajstić information content (AvgIpc) is 3.48. The Balaban J connectivity index is 1.37. The Kier molecular flexibility index (Phi) is 6.81. The van der Waals surface area contributed by atoms with Gasteiger partial charge in [-0.3, -0.25) is 9.47 Å². The predicted octanol–water partition coefficient (Wildman–Crippen LogP) is 4.19. The molecule has 2 aromatic carbocycles. The molecule has 0 radical (unpaired) electrons. The molecule has 0 unspecified atom stereocenters. The molecule has 8 nitrogen and oxygen atoms in total. The zero-order valence-electron chi connectivity index (χ0n) is 20.2. The molecule has 1 fully saturated rings. The summed E-state index contributed by atoms with van der Waals surface area (Å²) >= 11 is 0. The summed E-state index contributed by atoms with van der Waals surface area (Å²) in [5.41, 5.74) is 11.3. The fourth-order valence-electron chi connectivity index (χ4n) is 4.58. The number of rotatable bonds is 9. The number of benzene rings is 2. The molecule has 35 heavy (non-hydrogen) atoms. The van der Waals surface area contributed by atoms with Gasteiger partial charge in [-0.05, 0) is 60.7 Å². The van der Waals surface area contributed by atoms with Crippen LogP contribution in [0, 0.1) is 0 Å². The van der Waals surface area contributed by atoms with Crippen LogP contribution < -0.4 is 16.2 Å². The van der Waals surface area contributed by atoms with Gasteiger partial charge in [-0.2, -0.15) is 9.97 Å². The molecule has 2 aromatic heterocycles. The number of fused-ring (bicyclic) bond motifs is 1. The summed E-state index contributed by atoms with van der Waals surface area (Å²) in [4.78, 5) is 26.7. The zero-order chi connectivity index (χ0) is 24.2. The Bertz CT molecular complexity index is 1350. The molecule has 182 valence electrons. The molecule has 1 aliphatic heterocycles. The number of H-pyrrole nitrogens is 1. The molecule has 0 bridgehead atoms. The van der Waals surface area contributed by atoms with E-state index in [0.717, 1.165) is 36.1 Å². The van der Waals surface area contributed by atoms with Crippen molar-refractivity contribution >= 4 is 17.0 Å². The highest BCUT2D eigenvalue weighted by molar-refractivity contribution is 5.82. The number of hydrogen-bond acceptors (Lipinski definition) is 6. The van der Waals surface area contributed by atoms with Crippen LogP contribution in [-0.2, 0) is 13.1 Å². The fourth-order valence-corrected chi connectivity index (χ4v) is 4.58. The first kappa shape index (κ1) is 23.1. The van der Waals surface area contributed by atoms with Gasteiger partial charge in [0.1, 0.15) is 5.52 Å². The Morgan fingerprint density at radius 1 is 1.00 bits per heavy atom. The number of aromatic nitrogens is 4. The van der Waals surface area contributed by atoms with Crippen molar-refractivity contribution in [1.29, 1.82) is 0 Å². The number of nitrogen functional groups attached to an aromatic ring is 1. The summed E-state index contributed by atoms with van der Waals surface area (Å²) in [5.74, 6) is 0.208. The lowest BCUT2D eigenvalue weighted by atomic mass is 10.0. The molecule has 3 heterocycles. The minimum atomic E-state index is -0.275. The van der Waals surface area contributed by atoms with E-state index in [9.17, 15) is 4.79 Å². The Labute approximate surface area is 204 Å². The molecule has 4 aromatic rings. The van der Waals surface area contributed by atoms with Crippen molar-refractivity contribution in [3.8, 4) is 17.1 Å². The number of nitrogens with zero attached hydrogens (tertiary/aromatic N) is 4. The number of aromatic amines is 1. The van der Waals surface area contributed by atoms with Crippen LogP contribution in [0.1, 0.15) is 43.7 Å². The molecule has 1 aliphatic rings. The number of likely N-dealkylation sites (tertiary alicyclic amines) is 1. The number of ether oxygens (including phenoxy) is 1. The van der Waals surface area contributed by atoms with Crippen molar-refractivity contribution in [1.82, 2.24) is 24.4 Å². The van der Waals surface area contributed by atoms with Gasteiger partial charge in [-0.25, -0.2) is 4.79 Å². The molecule has 0 spiro atoms. The van der Waals surface area contributed by atoms with E-state index in [2.05, 4.69) is 63.2 Å². The fraction of sp³-hybridized carbons (Fsp3) is 0.370. The lowest BCUT2D eigenvalue weighted by Gasteiger charge is -2.15. The molecule has 1 saturated heterocycles. The average molecular weight is 473 g/mol. The van der Waals surface area contributed by atoms with Crippen molar-refractivity contribution in [3.63, 3.8) is 0 Å². The maximum atomic E-state index is 12.7. The highest BCUT2D eigenvalue weighted by Gasteiger charge is 2.15. The maximum absolute atomic E-state index is 12.7. The van der Waals surface area contributed by atoms with E-state index in [1.807, 2.05) is 12.1 Å². The van der Waals surface area contributed by atoms with Crippen LogP contribution in [0.15, 0.2) is 53.3 Å². The first-order valence-electron chi connectivity index (χ1n) is 12.4. The van der Waals surface area contributed by atoms with Crippen molar-refractivity contribution in [2.45, 2.75) is 45.7 Å². The van der Waals surface area contributed by atoms with Crippen LogP contribution in [0.4, 0.5) is 5.82 Å². The van der Waals surface area contributed by atoms with E-state index in [0.29, 0.717) is 24.3 Å². The molecular weight excluding hydrogens is 440 g/mol. The molecule has 8 heteroatoms. The summed E-state index contributed by atoms with van der Waals surface area (Å²) in [7, 11) is 0. The highest BCUT2D eigenvalue weighted by Crippen LogP contribution is 2.24. The first-order valence-corrected chi connectivity index (χ1v) is 12.4. The number of anilines is 1. The summed E-state index contributed by atoms with van der Waals surface area (Å²) in [6.07, 6.45) is 4.50. The molecule has 0 amide bonds. The lowest BCUT2D eigenvalue weighted by molar-refractivity contribution is 0.286. The smallest absolute Gasteiger partial charge is 0.328 e. The van der Waals surface area contributed by atoms with Gasteiger partial charge in [0.05, 0.1) is 13.2 Å². The number of imidazole rings is 1. The molecule has 3 N–H and O–H groups in total. The molecule has 5 rings (SSSR count). The lowest BCUT2D eigenvalue weighted by Crippen LogP contribution is -2.18. The van der Waals surface area contributed by atoms with E-state index >= 15 is 0 Å². The van der Waals surface area contributed by atoms with Crippen LogP contribution >= 0.6 is 0 Å². The minimum absolute atomic E-state index is 0.193. The quantitative estimate of drug-likeness (QED) is 0.354. The zero-order valence-corrected chi connectivity index (χ0v) is 20.2. The topological polar surface area (TPSA) is 102 Å². The second-order valence-electron chi connectivity index (χ2n) is 9.19. The van der Waals surface area contributed by atoms with Gasteiger partial charge in [0.2, 0.25) is 0 Å². The third-order valence-corrected chi connectivity index (χ3v) is 6.52. The van der Waals surface area contributed by atoms with Gasteiger partial charge in [-0.1, -0.05) is 55.8 Å². The van der Waals surface area contributed by atoms with Crippen LogP contribution in [0.25, 0.3) is 22.3 Å². The normalized spacial score (nSPS) is 14.1. The van der Waals surface area contributed by atoms with Crippen LogP contribution in [-0.4, -0.2) is 44.1 Å². The molecular formula is C27H32N6O2. The number of nitrogens with one attached hydrogen (secondary N) is 1. The summed E-state index contributed by atoms with van der Waals surface area (Å²) < 4.78 is 7.23. The number of nitrogens with two attached hydrogens (primary N) is 1. The predicted molar refractivity (Wildman–Crippen MR) is 138 cm³/mol. The summed E-state index contributed by atoms with van der Waals surface area (Å²) in [6.45, 7) is 6.36. The van der Waals surface area contributed by atoms with Crippen molar-refractivity contribution in [2.24, 2.45) is 0 Å². The Morgan fingerprint density at radius 2 is 1.80 bits per heavy atom. The summed E-state index contributed by atoms with van der Waals surface area (Å²) in [5, 5.41) is 0. The molecule has 0 atom stereocenters. The molecule has 0 saturated carbocycles. The third-order valence-electron chi connectivity index (χ3n) is 6.52. The van der Waals surface area contributed by atoms with E-state index in [-0.39, 0.29) is 17.5 Å². The third kappa shape index (κ3) is 5.22. The van der Waals surface area contributed by atoms with Gasteiger partial charge in [0, 0.05) is 6.54 Å². The van der Waals surface area contributed by atoms with Crippen LogP contribution in [0.2, 0.25) is 0 Å². The Morgan fingerprint density at radius 3 is 2.57 bits per heavy atom. The second-order valence-corrected chi connectivity index (χ2v) is 9.19. The summed E-state index contributed by atoms with van der Waals surface area (Å²) in [6, 6.07) is 17.2. The van der Waals surface area contributed by atoms with Gasteiger partial charge in [-0.15, -0.1) is 0 Å². The SMILES string of the molecule is CCCCOc1nc(N)c2[nH]c(=O)n(Cc3cccc(-c4ccc(CN5CCCC5)cc4)c3)c2n1. The van der Waals surface area contributed by atoms with Crippen molar-refractivity contribution in [2.75, 3.05) is 25.4 Å². The largest absolute Gasteiger partial charge is 0.463 e. The van der Waals surface area contributed by atoms with E-state index < -0.39 is 0 Å². The number of hydrogen-bond donors (Lipinski definition) is 2. The highest BCUT2D eigenvalue weighted by atomic mass is 16.5. The van der Waals surface area contributed by atoms with Crippen LogP contribution in [0.3, 0.4) is 0 Å². The van der Waals surface area contributed by atoms with Gasteiger partial charge in [0.25, 0.3) is 0 Å².